The molecule has 3 heterocycles. The maximum absolute atomic E-state index is 14.7. The van der Waals surface area contributed by atoms with Crippen LogP contribution in [0.2, 0.25) is 0 Å². The van der Waals surface area contributed by atoms with Crippen LogP contribution in [0.3, 0.4) is 0 Å². The van der Waals surface area contributed by atoms with Crippen LogP contribution in [0.1, 0.15) is 13.3 Å². The van der Waals surface area contributed by atoms with Gasteiger partial charge < -0.3 is 24.5 Å². The zero-order valence-corrected chi connectivity index (χ0v) is 18.8. The van der Waals surface area contributed by atoms with E-state index in [-0.39, 0.29) is 13.2 Å². The summed E-state index contributed by atoms with van der Waals surface area (Å²) in [4.78, 5) is 40.5. The van der Waals surface area contributed by atoms with Crippen LogP contribution in [0.15, 0.2) is 36.5 Å². The maximum atomic E-state index is 14.7. The molecule has 182 valence electrons. The van der Waals surface area contributed by atoms with E-state index in [9.17, 15) is 9.18 Å². The summed E-state index contributed by atoms with van der Waals surface area (Å²) in [6, 6.07) is 7.91. The van der Waals surface area contributed by atoms with E-state index in [1.807, 2.05) is 6.92 Å². The second-order valence-electron chi connectivity index (χ2n) is 7.12. The predicted octanol–water partition coefficient (Wildman–Crippen LogP) is 1.34. The van der Waals surface area contributed by atoms with Crippen molar-refractivity contribution in [3.63, 3.8) is 0 Å². The lowest BCUT2D eigenvalue weighted by Crippen LogP contribution is -2.25. The molecule has 1 saturated heterocycles. The minimum atomic E-state index is -4.64. The van der Waals surface area contributed by atoms with E-state index in [1.54, 1.807) is 30.5 Å². The topological polar surface area (TPSA) is 184 Å². The zero-order chi connectivity index (χ0) is 24.9. The van der Waals surface area contributed by atoms with Crippen molar-refractivity contribution in [1.29, 1.82) is 0 Å². The Labute approximate surface area is 192 Å². The number of aliphatic hydroxyl groups is 1. The lowest BCUT2D eigenvalue weighted by molar-refractivity contribution is 0.0963. The number of nitrogens with zero attached hydrogens (tertiary/aromatic N) is 6. The lowest BCUT2D eigenvalue weighted by atomic mass is 10.1. The molecule has 4 N–H and O–H groups in total. The van der Waals surface area contributed by atoms with Gasteiger partial charge in [0.05, 0.1) is 25.4 Å². The van der Waals surface area contributed by atoms with Crippen LogP contribution in [-0.2, 0) is 15.8 Å². The summed E-state index contributed by atoms with van der Waals surface area (Å²) >= 11 is 0. The van der Waals surface area contributed by atoms with Gasteiger partial charge in [0.2, 0.25) is 5.82 Å². The van der Waals surface area contributed by atoms with E-state index in [1.165, 1.54) is 15.8 Å². The van der Waals surface area contributed by atoms with Gasteiger partial charge in [-0.1, -0.05) is 13.0 Å². The van der Waals surface area contributed by atoms with E-state index in [2.05, 4.69) is 20.4 Å². The number of carbonyl (C=O) groups excluding carboxylic acids is 1. The summed E-state index contributed by atoms with van der Waals surface area (Å²) in [6.45, 7) is 2.59. The van der Waals surface area contributed by atoms with E-state index in [0.29, 0.717) is 34.9 Å². The number of hydrogen-bond donors (Lipinski definition) is 4. The van der Waals surface area contributed by atoms with Crippen LogP contribution >= 0.6 is 7.82 Å². The number of halogens is 1. The van der Waals surface area contributed by atoms with Crippen molar-refractivity contribution in [1.82, 2.24) is 25.2 Å². The average molecular weight is 496 g/mol. The van der Waals surface area contributed by atoms with Crippen molar-refractivity contribution in [3.8, 4) is 22.6 Å². The van der Waals surface area contributed by atoms with Crippen LogP contribution in [0.5, 0.6) is 0 Å². The van der Waals surface area contributed by atoms with Crippen molar-refractivity contribution in [3.05, 3.63) is 42.3 Å². The van der Waals surface area contributed by atoms with E-state index >= 15 is 0 Å². The molecule has 1 amide bonds. The van der Waals surface area contributed by atoms with Gasteiger partial charge in [0, 0.05) is 17.3 Å². The molecule has 4 rings (SSSR count). The Hall–Kier alpha value is -3.29. The number of aliphatic hydroxyl groups excluding tert-OH is 1. The first-order valence-electron chi connectivity index (χ1n) is 10.0. The van der Waals surface area contributed by atoms with Gasteiger partial charge in [-0.15, -0.1) is 10.2 Å². The molecule has 0 unspecified atom stereocenters. The number of tetrazole rings is 1. The number of benzene rings is 1. The number of phosphoric acid groups is 1. The van der Waals surface area contributed by atoms with Gasteiger partial charge in [-0.2, -0.15) is 4.80 Å². The summed E-state index contributed by atoms with van der Waals surface area (Å²) in [5.41, 5.74) is 1.84. The van der Waals surface area contributed by atoms with Crippen molar-refractivity contribution in [2.24, 2.45) is 0 Å². The highest BCUT2D eigenvalue weighted by Gasteiger charge is 2.32. The highest BCUT2D eigenvalue weighted by Crippen LogP contribution is 2.29. The largest absolute Gasteiger partial charge is 0.466 e. The van der Waals surface area contributed by atoms with Crippen LogP contribution in [0.25, 0.3) is 22.6 Å². The molecule has 0 bridgehead atoms. The van der Waals surface area contributed by atoms with E-state index in [0.717, 1.165) is 6.42 Å². The number of anilines is 1. The molecule has 1 aromatic carbocycles. The monoisotopic (exact) mass is 496 g/mol. The van der Waals surface area contributed by atoms with Gasteiger partial charge >= 0.3 is 13.9 Å². The Kier molecular flexibility index (Phi) is 8.02. The predicted molar refractivity (Wildman–Crippen MR) is 116 cm³/mol. The molecule has 0 aliphatic carbocycles. The third-order valence-corrected chi connectivity index (χ3v) is 4.52. The second-order valence-corrected chi connectivity index (χ2v) is 8.14. The molecule has 1 fully saturated rings. The minimum absolute atomic E-state index is 0.177. The SMILES string of the molecule is CCCn1nnc(-c2ccc(-c3ccc(N4C[C@H](CO)OC4=O)cc3F)cn2)n1.O=P(O)(O)O. The normalized spacial score (nSPS) is 15.6. The van der Waals surface area contributed by atoms with Crippen molar-refractivity contribution < 1.29 is 38.3 Å². The Balaban J connectivity index is 0.000000588. The maximum Gasteiger partial charge on any atom is 0.466 e. The summed E-state index contributed by atoms with van der Waals surface area (Å²) in [7, 11) is -4.64. The molecule has 3 aromatic rings. The second kappa shape index (κ2) is 10.8. The zero-order valence-electron chi connectivity index (χ0n) is 17.9. The highest BCUT2D eigenvalue weighted by molar-refractivity contribution is 7.45. The first kappa shape index (κ1) is 25.3. The van der Waals surface area contributed by atoms with Gasteiger partial charge in [-0.3, -0.25) is 9.88 Å². The molecule has 1 aliphatic rings. The molecular formula is C19H22FN6O7P. The van der Waals surface area contributed by atoms with Gasteiger partial charge in [0.1, 0.15) is 17.6 Å². The number of carbonyl (C=O) groups is 1. The fraction of sp³-hybridized carbons (Fsp3) is 0.316. The smallest absolute Gasteiger partial charge is 0.441 e. The van der Waals surface area contributed by atoms with Crippen molar-refractivity contribution >= 4 is 19.6 Å². The number of amides is 1. The third kappa shape index (κ3) is 6.62. The summed E-state index contributed by atoms with van der Waals surface area (Å²) in [5.74, 6) is -0.0869. The molecule has 1 aliphatic heterocycles. The van der Waals surface area contributed by atoms with Gasteiger partial charge in [0.15, 0.2) is 0 Å². The molecular weight excluding hydrogens is 474 g/mol. The standard InChI is InChI=1S/C19H19FN6O3.H3O4P/c1-2-7-26-23-18(22-24-26)17-6-3-12(9-21-17)15-5-4-13(8-16(15)20)25-10-14(11-27)29-19(25)28;1-5(2,3)4/h3-6,8-9,14,27H,2,7,10-11H2,1H3;(H3,1,2,3,4)/t14-;/m1./s1. The molecule has 0 saturated carbocycles. The first-order chi connectivity index (χ1) is 16.1. The Morgan fingerprint density at radius 3 is 2.53 bits per heavy atom. The Morgan fingerprint density at radius 2 is 1.97 bits per heavy atom. The van der Waals surface area contributed by atoms with Crippen molar-refractivity contribution in [2.75, 3.05) is 18.1 Å². The lowest BCUT2D eigenvalue weighted by Gasteiger charge is -2.14. The van der Waals surface area contributed by atoms with Gasteiger partial charge in [0.25, 0.3) is 0 Å². The summed E-state index contributed by atoms with van der Waals surface area (Å²) in [6.07, 6.45) is 1.23. The molecule has 13 nitrogen and oxygen atoms in total. The fourth-order valence-electron chi connectivity index (χ4n) is 3.06. The van der Waals surface area contributed by atoms with Crippen LogP contribution in [-0.4, -0.2) is 70.3 Å². The quantitative estimate of drug-likeness (QED) is 0.361. The Bertz CT molecular complexity index is 1180. The van der Waals surface area contributed by atoms with Gasteiger partial charge in [-0.25, -0.2) is 13.8 Å². The molecule has 15 heteroatoms. The minimum Gasteiger partial charge on any atom is -0.441 e. The molecule has 2 aromatic heterocycles. The van der Waals surface area contributed by atoms with E-state index < -0.39 is 25.8 Å². The number of ether oxygens (including phenoxy) is 1. The third-order valence-electron chi connectivity index (χ3n) is 4.52. The number of aryl methyl sites for hydroxylation is 1. The molecule has 0 spiro atoms. The number of cyclic esters (lactones) is 1. The molecule has 0 radical (unpaired) electrons. The number of rotatable bonds is 6. The summed E-state index contributed by atoms with van der Waals surface area (Å²) in [5, 5.41) is 21.3. The number of hydrogen-bond acceptors (Lipinski definition) is 8. The molecule has 34 heavy (non-hydrogen) atoms. The van der Waals surface area contributed by atoms with Crippen LogP contribution < -0.4 is 4.90 Å². The fourth-order valence-corrected chi connectivity index (χ4v) is 3.06. The van der Waals surface area contributed by atoms with E-state index in [4.69, 9.17) is 29.1 Å². The highest BCUT2D eigenvalue weighted by atomic mass is 31.2. The number of pyridine rings is 1. The van der Waals surface area contributed by atoms with Gasteiger partial charge in [-0.05, 0) is 35.9 Å². The van der Waals surface area contributed by atoms with Crippen molar-refractivity contribution in [2.45, 2.75) is 26.0 Å². The first-order valence-corrected chi connectivity index (χ1v) is 11.6. The number of aromatic nitrogens is 5. The van der Waals surface area contributed by atoms with Crippen LogP contribution in [0.4, 0.5) is 14.9 Å². The average Bonchev–Trinajstić information content (AvgIpc) is 3.39. The van der Waals surface area contributed by atoms with Crippen LogP contribution in [0, 0.1) is 5.82 Å². The summed E-state index contributed by atoms with van der Waals surface area (Å²) < 4.78 is 28.6. The Morgan fingerprint density at radius 1 is 1.24 bits per heavy atom. The molecule has 1 atom stereocenters.